The van der Waals surface area contributed by atoms with E-state index in [2.05, 4.69) is 5.10 Å². The van der Waals surface area contributed by atoms with E-state index < -0.39 is 4.92 Å². The first-order chi connectivity index (χ1) is 8.58. The third-order valence-corrected chi connectivity index (χ3v) is 2.43. The Morgan fingerprint density at radius 2 is 1.89 bits per heavy atom. The molecule has 1 rings (SSSR count). The van der Waals surface area contributed by atoms with Gasteiger partial charge in [0, 0.05) is 30.8 Å². The van der Waals surface area contributed by atoms with Crippen LogP contribution in [-0.2, 0) is 0 Å². The summed E-state index contributed by atoms with van der Waals surface area (Å²) in [6.45, 7) is 5.33. The molecule has 0 aliphatic carbocycles. The molecule has 0 aliphatic rings. The number of nitro groups is 1. The number of rotatable bonds is 6. The van der Waals surface area contributed by atoms with Crippen LogP contribution >= 0.6 is 0 Å². The minimum Gasteiger partial charge on any atom is -0.297 e. The van der Waals surface area contributed by atoms with Crippen molar-refractivity contribution in [1.29, 1.82) is 0 Å². The van der Waals surface area contributed by atoms with Gasteiger partial charge >= 0.3 is 0 Å². The third-order valence-electron chi connectivity index (χ3n) is 2.43. The number of hydrazone groups is 1. The zero-order valence-corrected chi connectivity index (χ0v) is 10.4. The molecule has 18 heavy (non-hydrogen) atoms. The van der Waals surface area contributed by atoms with Gasteiger partial charge in [0.05, 0.1) is 11.1 Å². The molecule has 0 N–H and O–H groups in total. The fourth-order valence-electron chi connectivity index (χ4n) is 1.34. The molecular formula is C12H15N3O3. The van der Waals surface area contributed by atoms with Crippen molar-refractivity contribution in [2.45, 2.75) is 13.8 Å². The summed E-state index contributed by atoms with van der Waals surface area (Å²) in [5, 5.41) is 16.2. The monoisotopic (exact) mass is 249 g/mol. The highest BCUT2D eigenvalue weighted by Gasteiger charge is 2.07. The van der Waals surface area contributed by atoms with E-state index in [4.69, 9.17) is 0 Å². The average Bonchev–Trinajstić information content (AvgIpc) is 2.39. The summed E-state index contributed by atoms with van der Waals surface area (Å²) in [5.74, 6) is -0.267. The van der Waals surface area contributed by atoms with Crippen molar-refractivity contribution in [3.8, 4) is 0 Å². The van der Waals surface area contributed by atoms with Crippen LogP contribution in [0.15, 0.2) is 29.4 Å². The van der Waals surface area contributed by atoms with Gasteiger partial charge in [0.2, 0.25) is 5.78 Å². The Labute approximate surface area is 105 Å². The predicted molar refractivity (Wildman–Crippen MR) is 68.8 cm³/mol. The summed E-state index contributed by atoms with van der Waals surface area (Å²) in [6, 6.07) is 5.46. The van der Waals surface area contributed by atoms with E-state index >= 15 is 0 Å². The zero-order chi connectivity index (χ0) is 13.5. The number of hydrogen-bond acceptors (Lipinski definition) is 5. The van der Waals surface area contributed by atoms with E-state index in [1.165, 1.54) is 30.5 Å². The normalized spacial score (nSPS) is 10.6. The van der Waals surface area contributed by atoms with Gasteiger partial charge in [-0.15, -0.1) is 0 Å². The maximum absolute atomic E-state index is 11.7. The Hall–Kier alpha value is -2.24. The molecule has 0 amide bonds. The van der Waals surface area contributed by atoms with Crippen LogP contribution in [0.5, 0.6) is 0 Å². The van der Waals surface area contributed by atoms with Crippen molar-refractivity contribution in [3.05, 3.63) is 39.9 Å². The number of ketones is 1. The van der Waals surface area contributed by atoms with Crippen LogP contribution in [-0.4, -0.2) is 35.0 Å². The number of carbonyl (C=O) groups excluding carboxylic acids is 1. The average molecular weight is 249 g/mol. The van der Waals surface area contributed by atoms with E-state index in [0.29, 0.717) is 5.56 Å². The number of nitro benzene ring substituents is 1. The molecule has 0 saturated carbocycles. The maximum Gasteiger partial charge on any atom is 0.269 e. The molecule has 0 spiro atoms. The van der Waals surface area contributed by atoms with Crippen molar-refractivity contribution in [1.82, 2.24) is 5.01 Å². The summed E-state index contributed by atoms with van der Waals surface area (Å²) in [5.41, 5.74) is 0.351. The molecule has 0 aliphatic heterocycles. The van der Waals surface area contributed by atoms with Gasteiger partial charge in [-0.3, -0.25) is 19.9 Å². The molecule has 0 heterocycles. The third kappa shape index (κ3) is 3.65. The lowest BCUT2D eigenvalue weighted by Crippen LogP contribution is -2.17. The van der Waals surface area contributed by atoms with Crippen molar-refractivity contribution in [2.75, 3.05) is 13.1 Å². The molecule has 0 radical (unpaired) electrons. The van der Waals surface area contributed by atoms with Gasteiger partial charge in [0.1, 0.15) is 0 Å². The van der Waals surface area contributed by atoms with E-state index in [9.17, 15) is 14.9 Å². The maximum atomic E-state index is 11.7. The van der Waals surface area contributed by atoms with Gasteiger partial charge in [-0.1, -0.05) is 0 Å². The van der Waals surface area contributed by atoms with Crippen LogP contribution in [0, 0.1) is 10.1 Å². The second-order valence-electron chi connectivity index (χ2n) is 3.55. The van der Waals surface area contributed by atoms with E-state index in [1.807, 2.05) is 13.8 Å². The lowest BCUT2D eigenvalue weighted by atomic mass is 10.1. The predicted octanol–water partition coefficient (Wildman–Crippen LogP) is 2.11. The number of non-ortho nitro benzene ring substituents is 1. The molecular weight excluding hydrogens is 234 g/mol. The van der Waals surface area contributed by atoms with Crippen LogP contribution in [0.1, 0.15) is 24.2 Å². The van der Waals surface area contributed by atoms with E-state index in [-0.39, 0.29) is 11.5 Å². The molecule has 0 aromatic heterocycles. The Morgan fingerprint density at radius 1 is 1.33 bits per heavy atom. The molecule has 0 atom stereocenters. The standard InChI is InChI=1S/C12H15N3O3/c1-3-14(4-2)13-9-12(16)10-5-7-11(8-6-10)15(17)18/h5-9H,3-4H2,1-2H3/b13-9-. The summed E-state index contributed by atoms with van der Waals surface area (Å²) in [4.78, 5) is 21.7. The number of carbonyl (C=O) groups is 1. The van der Waals surface area contributed by atoms with Gasteiger partial charge in [0.15, 0.2) is 0 Å². The Bertz CT molecular complexity index is 450. The lowest BCUT2D eigenvalue weighted by Gasteiger charge is -2.12. The zero-order valence-electron chi connectivity index (χ0n) is 10.4. The molecule has 6 nitrogen and oxygen atoms in total. The minimum atomic E-state index is -0.502. The number of nitrogens with zero attached hydrogens (tertiary/aromatic N) is 3. The Morgan fingerprint density at radius 3 is 2.33 bits per heavy atom. The van der Waals surface area contributed by atoms with E-state index in [0.717, 1.165) is 13.1 Å². The highest BCUT2D eigenvalue weighted by molar-refractivity contribution is 6.35. The highest BCUT2D eigenvalue weighted by atomic mass is 16.6. The number of Topliss-reactive ketones (excluding diaryl/α,β-unsaturated/α-hetero) is 1. The SMILES string of the molecule is CCN(CC)/N=C\C(=O)c1ccc([N+](=O)[O-])cc1. The van der Waals surface area contributed by atoms with Crippen molar-refractivity contribution >= 4 is 17.7 Å². The Kier molecular flexibility index (Phi) is 4.98. The van der Waals surface area contributed by atoms with Gasteiger partial charge in [-0.2, -0.15) is 5.10 Å². The molecule has 0 fully saturated rings. The van der Waals surface area contributed by atoms with Gasteiger partial charge in [-0.25, -0.2) is 0 Å². The minimum absolute atomic E-state index is 0.0350. The second-order valence-corrected chi connectivity index (χ2v) is 3.55. The first-order valence-electron chi connectivity index (χ1n) is 5.66. The second kappa shape index (κ2) is 6.48. The van der Waals surface area contributed by atoms with Gasteiger partial charge in [0.25, 0.3) is 5.69 Å². The van der Waals surface area contributed by atoms with E-state index in [1.54, 1.807) is 5.01 Å². The van der Waals surface area contributed by atoms with Crippen LogP contribution < -0.4 is 0 Å². The summed E-state index contributed by atoms with van der Waals surface area (Å²) in [6.07, 6.45) is 1.23. The first-order valence-corrected chi connectivity index (χ1v) is 5.66. The van der Waals surface area contributed by atoms with Gasteiger partial charge in [-0.05, 0) is 26.0 Å². The number of benzene rings is 1. The molecule has 1 aromatic carbocycles. The number of hydrogen-bond donors (Lipinski definition) is 0. The summed E-state index contributed by atoms with van der Waals surface area (Å²) in [7, 11) is 0. The lowest BCUT2D eigenvalue weighted by molar-refractivity contribution is -0.384. The molecule has 0 saturated heterocycles. The van der Waals surface area contributed by atoms with Crippen molar-refractivity contribution < 1.29 is 9.72 Å². The van der Waals surface area contributed by atoms with Crippen LogP contribution in [0.3, 0.4) is 0 Å². The molecule has 1 aromatic rings. The molecule has 96 valence electrons. The Balaban J connectivity index is 2.75. The first kappa shape index (κ1) is 13.8. The van der Waals surface area contributed by atoms with Crippen LogP contribution in [0.4, 0.5) is 5.69 Å². The molecule has 0 bridgehead atoms. The topological polar surface area (TPSA) is 75.8 Å². The van der Waals surface area contributed by atoms with Crippen molar-refractivity contribution in [3.63, 3.8) is 0 Å². The summed E-state index contributed by atoms with van der Waals surface area (Å²) >= 11 is 0. The summed E-state index contributed by atoms with van der Waals surface area (Å²) < 4.78 is 0. The van der Waals surface area contributed by atoms with Crippen LogP contribution in [0.2, 0.25) is 0 Å². The van der Waals surface area contributed by atoms with Crippen molar-refractivity contribution in [2.24, 2.45) is 5.10 Å². The molecule has 6 heteroatoms. The fourth-order valence-corrected chi connectivity index (χ4v) is 1.34. The largest absolute Gasteiger partial charge is 0.297 e. The molecule has 0 unspecified atom stereocenters. The smallest absolute Gasteiger partial charge is 0.269 e. The fraction of sp³-hybridized carbons (Fsp3) is 0.333. The highest BCUT2D eigenvalue weighted by Crippen LogP contribution is 2.11. The quantitative estimate of drug-likeness (QED) is 0.335. The van der Waals surface area contributed by atoms with Gasteiger partial charge < -0.3 is 0 Å². The van der Waals surface area contributed by atoms with Crippen LogP contribution in [0.25, 0.3) is 0 Å².